The topological polar surface area (TPSA) is 41.1 Å². The van der Waals surface area contributed by atoms with Crippen LogP contribution in [0.2, 0.25) is 0 Å². The average Bonchev–Trinajstić information content (AvgIpc) is 2.41. The van der Waals surface area contributed by atoms with Crippen LogP contribution in [0.5, 0.6) is 0 Å². The van der Waals surface area contributed by atoms with Gasteiger partial charge >= 0.3 is 0 Å². The zero-order chi connectivity index (χ0) is 14.4. The molecule has 0 aromatic heterocycles. The van der Waals surface area contributed by atoms with Gasteiger partial charge in [0.05, 0.1) is 6.54 Å². The van der Waals surface area contributed by atoms with Crippen molar-refractivity contribution >= 4 is 11.6 Å². The van der Waals surface area contributed by atoms with E-state index in [1.165, 1.54) is 12.1 Å². The predicted octanol–water partition coefficient (Wildman–Crippen LogP) is 2.86. The largest absolute Gasteiger partial charge is 0.325 e. The predicted molar refractivity (Wildman–Crippen MR) is 77.9 cm³/mol. The maximum atomic E-state index is 13.0. The van der Waals surface area contributed by atoms with Crippen LogP contribution < -0.4 is 10.6 Å². The Bertz CT molecular complexity index is 599. The van der Waals surface area contributed by atoms with E-state index < -0.39 is 0 Å². The maximum absolute atomic E-state index is 13.0. The van der Waals surface area contributed by atoms with E-state index in [-0.39, 0.29) is 18.3 Å². The van der Waals surface area contributed by atoms with Crippen molar-refractivity contribution in [2.24, 2.45) is 0 Å². The fourth-order valence-electron chi connectivity index (χ4n) is 1.87. The molecule has 2 rings (SSSR count). The Hall–Kier alpha value is -2.20. The number of carbonyl (C=O) groups excluding carboxylic acids is 1. The standard InChI is InChI=1S/C16H17FN2O/c1-12-5-2-3-8-15(12)19-16(20)11-18-10-13-6-4-7-14(17)9-13/h2-9,18H,10-11H2,1H3,(H,19,20). The van der Waals surface area contributed by atoms with Crippen LogP contribution in [0, 0.1) is 12.7 Å². The van der Waals surface area contributed by atoms with Crippen LogP contribution in [0.4, 0.5) is 10.1 Å². The first-order valence-electron chi connectivity index (χ1n) is 6.46. The molecule has 20 heavy (non-hydrogen) atoms. The van der Waals surface area contributed by atoms with E-state index in [0.29, 0.717) is 6.54 Å². The monoisotopic (exact) mass is 272 g/mol. The Morgan fingerprint density at radius 3 is 2.70 bits per heavy atom. The molecule has 0 saturated carbocycles. The Morgan fingerprint density at radius 1 is 1.15 bits per heavy atom. The van der Waals surface area contributed by atoms with E-state index in [1.54, 1.807) is 6.07 Å². The second-order valence-electron chi connectivity index (χ2n) is 4.60. The minimum Gasteiger partial charge on any atom is -0.325 e. The molecule has 0 heterocycles. The van der Waals surface area contributed by atoms with Crippen LogP contribution in [0.15, 0.2) is 48.5 Å². The lowest BCUT2D eigenvalue weighted by atomic mass is 10.2. The van der Waals surface area contributed by atoms with E-state index >= 15 is 0 Å². The number of rotatable bonds is 5. The average molecular weight is 272 g/mol. The van der Waals surface area contributed by atoms with E-state index in [4.69, 9.17) is 0 Å². The highest BCUT2D eigenvalue weighted by Crippen LogP contribution is 2.12. The second kappa shape index (κ2) is 6.82. The van der Waals surface area contributed by atoms with Gasteiger partial charge in [-0.15, -0.1) is 0 Å². The Balaban J connectivity index is 1.80. The van der Waals surface area contributed by atoms with E-state index in [0.717, 1.165) is 16.8 Å². The van der Waals surface area contributed by atoms with E-state index in [2.05, 4.69) is 10.6 Å². The van der Waals surface area contributed by atoms with Crippen molar-refractivity contribution in [1.82, 2.24) is 5.32 Å². The molecule has 0 spiro atoms. The minimum absolute atomic E-state index is 0.115. The summed E-state index contributed by atoms with van der Waals surface area (Å²) in [6.07, 6.45) is 0. The van der Waals surface area contributed by atoms with Crippen molar-refractivity contribution in [1.29, 1.82) is 0 Å². The van der Waals surface area contributed by atoms with Crippen LogP contribution in [-0.2, 0) is 11.3 Å². The molecule has 2 N–H and O–H groups in total. The molecule has 2 aromatic carbocycles. The van der Waals surface area contributed by atoms with Gasteiger partial charge in [0, 0.05) is 12.2 Å². The first-order chi connectivity index (χ1) is 9.65. The first kappa shape index (κ1) is 14.2. The summed E-state index contributed by atoms with van der Waals surface area (Å²) in [5, 5.41) is 5.82. The van der Waals surface area contributed by atoms with Crippen molar-refractivity contribution in [3.63, 3.8) is 0 Å². The molecule has 0 atom stereocenters. The SMILES string of the molecule is Cc1ccccc1NC(=O)CNCc1cccc(F)c1. The minimum atomic E-state index is -0.270. The fourth-order valence-corrected chi connectivity index (χ4v) is 1.87. The molecule has 0 aliphatic heterocycles. The van der Waals surface area contributed by atoms with E-state index in [9.17, 15) is 9.18 Å². The van der Waals surface area contributed by atoms with Crippen molar-refractivity contribution in [2.45, 2.75) is 13.5 Å². The van der Waals surface area contributed by atoms with Crippen molar-refractivity contribution in [3.8, 4) is 0 Å². The Morgan fingerprint density at radius 2 is 1.95 bits per heavy atom. The summed E-state index contributed by atoms with van der Waals surface area (Å²) in [6, 6.07) is 13.9. The second-order valence-corrected chi connectivity index (χ2v) is 4.60. The molecule has 0 aliphatic rings. The van der Waals surface area contributed by atoms with Crippen molar-refractivity contribution in [2.75, 3.05) is 11.9 Å². The zero-order valence-corrected chi connectivity index (χ0v) is 11.3. The number of para-hydroxylation sites is 1. The van der Waals surface area contributed by atoms with Crippen LogP contribution in [-0.4, -0.2) is 12.5 Å². The third-order valence-electron chi connectivity index (χ3n) is 2.92. The van der Waals surface area contributed by atoms with Gasteiger partial charge in [-0.05, 0) is 36.2 Å². The zero-order valence-electron chi connectivity index (χ0n) is 11.3. The Labute approximate surface area is 117 Å². The number of halogens is 1. The van der Waals surface area contributed by atoms with Gasteiger partial charge in [0.15, 0.2) is 0 Å². The molecule has 0 saturated heterocycles. The summed E-state index contributed by atoms with van der Waals surface area (Å²) in [6.45, 7) is 2.58. The summed E-state index contributed by atoms with van der Waals surface area (Å²) >= 11 is 0. The molecule has 1 amide bonds. The van der Waals surface area contributed by atoms with Gasteiger partial charge in [-0.3, -0.25) is 4.79 Å². The van der Waals surface area contributed by atoms with Crippen molar-refractivity contribution < 1.29 is 9.18 Å². The number of hydrogen-bond acceptors (Lipinski definition) is 2. The van der Waals surface area contributed by atoms with E-state index in [1.807, 2.05) is 37.3 Å². The van der Waals surface area contributed by atoms with Gasteiger partial charge in [0.2, 0.25) is 5.91 Å². The third kappa shape index (κ3) is 4.17. The van der Waals surface area contributed by atoms with Crippen LogP contribution in [0.1, 0.15) is 11.1 Å². The summed E-state index contributed by atoms with van der Waals surface area (Å²) < 4.78 is 13.0. The highest BCUT2D eigenvalue weighted by molar-refractivity contribution is 5.92. The number of nitrogens with one attached hydrogen (secondary N) is 2. The number of carbonyl (C=O) groups is 1. The lowest BCUT2D eigenvalue weighted by Crippen LogP contribution is -2.28. The molecule has 0 fully saturated rings. The number of anilines is 1. The van der Waals surface area contributed by atoms with Crippen molar-refractivity contribution in [3.05, 3.63) is 65.5 Å². The highest BCUT2D eigenvalue weighted by atomic mass is 19.1. The molecule has 0 aliphatic carbocycles. The molecule has 0 radical (unpaired) electrons. The number of hydrogen-bond donors (Lipinski definition) is 2. The normalized spacial score (nSPS) is 10.3. The summed E-state index contributed by atoms with van der Waals surface area (Å²) in [5.41, 5.74) is 2.64. The van der Waals surface area contributed by atoms with Gasteiger partial charge in [0.25, 0.3) is 0 Å². The van der Waals surface area contributed by atoms with Crippen LogP contribution >= 0.6 is 0 Å². The molecule has 2 aromatic rings. The maximum Gasteiger partial charge on any atom is 0.238 e. The molecule has 4 heteroatoms. The van der Waals surface area contributed by atoms with Crippen LogP contribution in [0.25, 0.3) is 0 Å². The van der Waals surface area contributed by atoms with Crippen LogP contribution in [0.3, 0.4) is 0 Å². The number of amides is 1. The molecule has 0 unspecified atom stereocenters. The van der Waals surface area contributed by atoms with Gasteiger partial charge in [-0.1, -0.05) is 30.3 Å². The smallest absolute Gasteiger partial charge is 0.238 e. The van der Waals surface area contributed by atoms with Gasteiger partial charge in [-0.2, -0.15) is 0 Å². The Kier molecular flexibility index (Phi) is 4.85. The first-order valence-corrected chi connectivity index (χ1v) is 6.46. The quantitative estimate of drug-likeness (QED) is 0.878. The molecule has 104 valence electrons. The summed E-state index contributed by atoms with van der Waals surface area (Å²) in [7, 11) is 0. The van der Waals surface area contributed by atoms with Gasteiger partial charge < -0.3 is 10.6 Å². The summed E-state index contributed by atoms with van der Waals surface area (Å²) in [5.74, 6) is -0.385. The fraction of sp³-hybridized carbons (Fsp3) is 0.188. The van der Waals surface area contributed by atoms with Gasteiger partial charge in [-0.25, -0.2) is 4.39 Å². The molecular weight excluding hydrogens is 255 g/mol. The number of aryl methyl sites for hydroxylation is 1. The molecular formula is C16H17FN2O. The molecule has 0 bridgehead atoms. The lowest BCUT2D eigenvalue weighted by molar-refractivity contribution is -0.115. The summed E-state index contributed by atoms with van der Waals surface area (Å²) in [4.78, 5) is 11.8. The van der Waals surface area contributed by atoms with Gasteiger partial charge in [0.1, 0.15) is 5.82 Å². The number of benzene rings is 2. The lowest BCUT2D eigenvalue weighted by Gasteiger charge is -2.09. The third-order valence-corrected chi connectivity index (χ3v) is 2.92. The molecule has 3 nitrogen and oxygen atoms in total. The highest BCUT2D eigenvalue weighted by Gasteiger charge is 2.04.